The maximum Gasteiger partial charge on any atom is 0.323 e. The van der Waals surface area contributed by atoms with Crippen LogP contribution in [0.15, 0.2) is 91.4 Å². The van der Waals surface area contributed by atoms with Gasteiger partial charge in [-0.2, -0.15) is 5.10 Å². The number of rotatable bonds is 5. The van der Waals surface area contributed by atoms with E-state index in [1.165, 1.54) is 6.07 Å². The van der Waals surface area contributed by atoms with Gasteiger partial charge >= 0.3 is 6.03 Å². The highest BCUT2D eigenvalue weighted by Crippen LogP contribution is 2.35. The highest BCUT2D eigenvalue weighted by atomic mass is 35.5. The number of anilines is 2. The number of hydrogen-bond acceptors (Lipinski definition) is 4. The molecule has 2 heterocycles. The van der Waals surface area contributed by atoms with Gasteiger partial charge in [0.2, 0.25) is 0 Å². The minimum atomic E-state index is -0.456. The third-order valence-corrected chi connectivity index (χ3v) is 6.64. The van der Waals surface area contributed by atoms with E-state index in [1.807, 2.05) is 30.5 Å². The van der Waals surface area contributed by atoms with Crippen molar-refractivity contribution in [2.24, 2.45) is 0 Å². The molecule has 0 spiro atoms. The van der Waals surface area contributed by atoms with Crippen LogP contribution in [0, 0.1) is 0 Å². The quantitative estimate of drug-likeness (QED) is 0.207. The summed E-state index contributed by atoms with van der Waals surface area (Å²) in [5.74, 6) is 0.0000642. The zero-order valence-electron chi connectivity index (χ0n) is 19.0. The molecule has 0 aliphatic heterocycles. The van der Waals surface area contributed by atoms with E-state index in [0.29, 0.717) is 22.1 Å². The molecular weight excluding hydrogens is 533 g/mol. The third-order valence-electron chi connectivity index (χ3n) is 5.52. The molecule has 0 fully saturated rings. The second-order valence-electron chi connectivity index (χ2n) is 7.97. The fraction of sp³-hybridized carbons (Fsp3) is 0. The van der Waals surface area contributed by atoms with Gasteiger partial charge in [-0.25, -0.2) is 9.48 Å². The number of hydrogen-bond donors (Lipinski definition) is 3. The van der Waals surface area contributed by atoms with Gasteiger partial charge in [0.15, 0.2) is 0 Å². The van der Waals surface area contributed by atoms with Crippen LogP contribution in [-0.2, 0) is 0 Å². The molecule has 7 nitrogen and oxygen atoms in total. The van der Waals surface area contributed by atoms with Crippen LogP contribution in [0.5, 0.6) is 5.75 Å². The molecule has 0 aliphatic rings. The highest BCUT2D eigenvalue weighted by Gasteiger charge is 2.16. The predicted molar refractivity (Wildman–Crippen MR) is 148 cm³/mol. The molecule has 0 bridgehead atoms. The van der Waals surface area contributed by atoms with Gasteiger partial charge in [-0.05, 0) is 72.3 Å². The Morgan fingerprint density at radius 2 is 1.59 bits per heavy atom. The van der Waals surface area contributed by atoms with E-state index in [0.717, 1.165) is 22.4 Å². The van der Waals surface area contributed by atoms with Crippen LogP contribution in [0.3, 0.4) is 0 Å². The summed E-state index contributed by atoms with van der Waals surface area (Å²) in [6, 6.07) is 20.5. The molecule has 37 heavy (non-hydrogen) atoms. The van der Waals surface area contributed by atoms with Gasteiger partial charge in [-0.1, -0.05) is 40.9 Å². The van der Waals surface area contributed by atoms with Crippen molar-refractivity contribution >= 4 is 52.2 Å². The van der Waals surface area contributed by atoms with E-state index in [2.05, 4.69) is 15.6 Å². The molecule has 3 aromatic carbocycles. The van der Waals surface area contributed by atoms with E-state index in [9.17, 15) is 9.90 Å². The topological polar surface area (TPSA) is 92.1 Å². The number of amides is 2. The van der Waals surface area contributed by atoms with Gasteiger partial charge in [-0.3, -0.25) is 4.98 Å². The maximum atomic E-state index is 12.4. The molecule has 0 aliphatic carbocycles. The summed E-state index contributed by atoms with van der Waals surface area (Å²) in [6.45, 7) is 0. The van der Waals surface area contributed by atoms with Gasteiger partial charge < -0.3 is 15.7 Å². The van der Waals surface area contributed by atoms with Crippen molar-refractivity contribution in [2.75, 3.05) is 10.6 Å². The third kappa shape index (κ3) is 5.39. The van der Waals surface area contributed by atoms with Crippen molar-refractivity contribution in [3.05, 3.63) is 106 Å². The van der Waals surface area contributed by atoms with E-state index < -0.39 is 6.03 Å². The molecule has 2 aromatic heterocycles. The summed E-state index contributed by atoms with van der Waals surface area (Å²) >= 11 is 18.3. The minimum Gasteiger partial charge on any atom is -0.506 e. The Hall–Kier alpha value is -4.04. The molecule has 5 rings (SSSR count). The second kappa shape index (κ2) is 10.5. The number of aromatic nitrogens is 3. The van der Waals surface area contributed by atoms with Crippen molar-refractivity contribution in [3.8, 4) is 33.8 Å². The molecule has 0 unspecified atom stereocenters. The summed E-state index contributed by atoms with van der Waals surface area (Å²) in [7, 11) is 0. The van der Waals surface area contributed by atoms with Crippen molar-refractivity contribution in [1.29, 1.82) is 0 Å². The number of nitrogens with one attached hydrogen (secondary N) is 2. The van der Waals surface area contributed by atoms with Gasteiger partial charge in [0.1, 0.15) is 11.4 Å². The number of phenolic OH excluding ortho intramolecular Hbond substituents is 1. The highest BCUT2D eigenvalue weighted by molar-refractivity contribution is 6.44. The maximum absolute atomic E-state index is 12.4. The smallest absolute Gasteiger partial charge is 0.323 e. The first-order valence-corrected chi connectivity index (χ1v) is 12.1. The Balaban J connectivity index is 1.41. The van der Waals surface area contributed by atoms with E-state index in [-0.39, 0.29) is 15.8 Å². The van der Waals surface area contributed by atoms with Gasteiger partial charge in [0, 0.05) is 35.4 Å². The van der Waals surface area contributed by atoms with Crippen LogP contribution in [0.4, 0.5) is 16.2 Å². The van der Waals surface area contributed by atoms with Crippen LogP contribution >= 0.6 is 34.8 Å². The number of nitrogens with zero attached hydrogens (tertiary/aromatic N) is 3. The number of aromatic hydroxyl groups is 1. The van der Waals surface area contributed by atoms with E-state index in [1.54, 1.807) is 59.5 Å². The Bertz CT molecular complexity index is 1590. The standard InChI is InChI=1S/C27H18Cl3N5O2/c28-21-2-1-3-23(25(21)30)33-27(37)32-18-5-7-19(8-6-18)35-15-20(16-10-12-31-13-11-16)26(34-35)17-4-9-24(36)22(29)14-17/h1-15,36H,(H2,32,33,37). The van der Waals surface area contributed by atoms with E-state index in [4.69, 9.17) is 39.9 Å². The number of halogens is 3. The van der Waals surface area contributed by atoms with Gasteiger partial charge in [0.25, 0.3) is 0 Å². The number of pyridine rings is 1. The average Bonchev–Trinajstić information content (AvgIpc) is 3.35. The fourth-order valence-corrected chi connectivity index (χ4v) is 4.23. The molecule has 0 radical (unpaired) electrons. The molecule has 2 amide bonds. The number of benzene rings is 3. The first-order valence-electron chi connectivity index (χ1n) is 11.0. The predicted octanol–water partition coefficient (Wildman–Crippen LogP) is 7.91. The van der Waals surface area contributed by atoms with Gasteiger partial charge in [0.05, 0.1) is 26.4 Å². The number of carbonyl (C=O) groups excluding carboxylic acids is 1. The molecule has 3 N–H and O–H groups in total. The zero-order valence-corrected chi connectivity index (χ0v) is 21.3. The average molecular weight is 551 g/mol. The molecule has 0 saturated heterocycles. The first-order chi connectivity index (χ1) is 17.9. The Labute approximate surface area is 227 Å². The molecule has 0 saturated carbocycles. The molecule has 184 valence electrons. The van der Waals surface area contributed by atoms with Crippen LogP contribution in [0.25, 0.3) is 28.1 Å². The monoisotopic (exact) mass is 549 g/mol. The van der Waals surface area contributed by atoms with Crippen LogP contribution in [0.2, 0.25) is 15.1 Å². The number of phenols is 1. The molecular formula is C27H18Cl3N5O2. The van der Waals surface area contributed by atoms with Gasteiger partial charge in [-0.15, -0.1) is 0 Å². The molecule has 5 aromatic rings. The molecule has 0 atom stereocenters. The summed E-state index contributed by atoms with van der Waals surface area (Å²) in [5, 5.41) is 20.9. The second-order valence-corrected chi connectivity index (χ2v) is 9.16. The SMILES string of the molecule is O=C(Nc1ccc(-n2cc(-c3ccncc3)c(-c3ccc(O)c(Cl)c3)n2)cc1)Nc1cccc(Cl)c1Cl. The normalized spacial score (nSPS) is 10.8. The fourth-order valence-electron chi connectivity index (χ4n) is 3.70. The lowest BCUT2D eigenvalue weighted by Gasteiger charge is -2.10. The lowest BCUT2D eigenvalue weighted by Crippen LogP contribution is -2.19. The van der Waals surface area contributed by atoms with Crippen molar-refractivity contribution in [2.45, 2.75) is 0 Å². The van der Waals surface area contributed by atoms with Crippen molar-refractivity contribution < 1.29 is 9.90 Å². The summed E-state index contributed by atoms with van der Waals surface area (Å²) in [5.41, 5.74) is 4.99. The van der Waals surface area contributed by atoms with Crippen LogP contribution in [-0.4, -0.2) is 25.9 Å². The first kappa shape index (κ1) is 24.6. The van der Waals surface area contributed by atoms with Crippen LogP contribution < -0.4 is 10.6 Å². The summed E-state index contributed by atoms with van der Waals surface area (Å²) in [4.78, 5) is 16.5. The minimum absolute atomic E-state index is 0.0000642. The summed E-state index contributed by atoms with van der Waals surface area (Å²) in [6.07, 6.45) is 5.33. The zero-order chi connectivity index (χ0) is 25.9. The largest absolute Gasteiger partial charge is 0.506 e. The number of carbonyl (C=O) groups is 1. The lowest BCUT2D eigenvalue weighted by atomic mass is 10.0. The lowest BCUT2D eigenvalue weighted by molar-refractivity contribution is 0.262. The summed E-state index contributed by atoms with van der Waals surface area (Å²) < 4.78 is 1.74. The van der Waals surface area contributed by atoms with E-state index >= 15 is 0 Å². The number of urea groups is 1. The van der Waals surface area contributed by atoms with Crippen LogP contribution in [0.1, 0.15) is 0 Å². The van der Waals surface area contributed by atoms with Crippen molar-refractivity contribution in [1.82, 2.24) is 14.8 Å². The Morgan fingerprint density at radius 3 is 2.32 bits per heavy atom. The van der Waals surface area contributed by atoms with Crippen molar-refractivity contribution in [3.63, 3.8) is 0 Å². The Morgan fingerprint density at radius 1 is 0.838 bits per heavy atom. The Kier molecular flexibility index (Phi) is 7.01. The molecule has 10 heteroatoms.